The minimum absolute atomic E-state index is 0.102. The van der Waals surface area contributed by atoms with Crippen molar-refractivity contribution in [2.75, 3.05) is 13.9 Å². The molecule has 0 N–H and O–H groups in total. The standard InChI is InChI=1S/C18H16O5/c1-11(18(20)21-2)13-8-15-16(23-10-22-15)9-14(13)17(19)12-6-4-3-5-7-12/h3-9,11H,10H2,1-2H3. The summed E-state index contributed by atoms with van der Waals surface area (Å²) < 4.78 is 15.5. The van der Waals surface area contributed by atoms with E-state index in [-0.39, 0.29) is 12.6 Å². The minimum Gasteiger partial charge on any atom is -0.469 e. The molecule has 5 nitrogen and oxygen atoms in total. The molecule has 1 aliphatic heterocycles. The Morgan fingerprint density at radius 1 is 1.09 bits per heavy atom. The third kappa shape index (κ3) is 2.77. The van der Waals surface area contributed by atoms with Crippen LogP contribution in [-0.4, -0.2) is 25.7 Å². The number of ether oxygens (including phenoxy) is 3. The van der Waals surface area contributed by atoms with E-state index in [1.54, 1.807) is 43.3 Å². The van der Waals surface area contributed by atoms with E-state index in [9.17, 15) is 9.59 Å². The van der Waals surface area contributed by atoms with Crippen LogP contribution in [0, 0.1) is 0 Å². The minimum atomic E-state index is -0.586. The first-order valence-corrected chi connectivity index (χ1v) is 7.23. The second-order valence-corrected chi connectivity index (χ2v) is 5.23. The van der Waals surface area contributed by atoms with Gasteiger partial charge in [0.25, 0.3) is 0 Å². The molecule has 0 amide bonds. The molecule has 0 saturated heterocycles. The molecule has 2 aromatic carbocycles. The largest absolute Gasteiger partial charge is 0.469 e. The van der Waals surface area contributed by atoms with Crippen molar-refractivity contribution < 1.29 is 23.8 Å². The van der Waals surface area contributed by atoms with Crippen LogP contribution in [0.25, 0.3) is 0 Å². The summed E-state index contributed by atoms with van der Waals surface area (Å²) in [6.45, 7) is 1.80. The first kappa shape index (κ1) is 15.1. The quantitative estimate of drug-likeness (QED) is 0.641. The number of ketones is 1. The molecule has 0 aliphatic carbocycles. The van der Waals surface area contributed by atoms with Crippen molar-refractivity contribution >= 4 is 11.8 Å². The fourth-order valence-corrected chi connectivity index (χ4v) is 2.56. The van der Waals surface area contributed by atoms with Crippen molar-refractivity contribution in [2.45, 2.75) is 12.8 Å². The van der Waals surface area contributed by atoms with Crippen LogP contribution in [0.3, 0.4) is 0 Å². The maximum Gasteiger partial charge on any atom is 0.312 e. The van der Waals surface area contributed by atoms with Gasteiger partial charge in [-0.05, 0) is 24.6 Å². The molecule has 1 atom stereocenters. The Kier molecular flexibility index (Phi) is 4.02. The number of carbonyl (C=O) groups excluding carboxylic acids is 2. The highest BCUT2D eigenvalue weighted by Gasteiger charge is 2.27. The van der Waals surface area contributed by atoms with Crippen LogP contribution in [0.15, 0.2) is 42.5 Å². The molecule has 0 fully saturated rings. The number of esters is 1. The molecule has 23 heavy (non-hydrogen) atoms. The molecule has 3 rings (SSSR count). The lowest BCUT2D eigenvalue weighted by Gasteiger charge is -2.15. The van der Waals surface area contributed by atoms with Crippen LogP contribution < -0.4 is 9.47 Å². The van der Waals surface area contributed by atoms with Crippen molar-refractivity contribution in [1.29, 1.82) is 0 Å². The summed E-state index contributed by atoms with van der Waals surface area (Å²) in [5, 5.41) is 0. The van der Waals surface area contributed by atoms with Gasteiger partial charge in [-0.2, -0.15) is 0 Å². The Bertz CT molecular complexity index is 752. The number of benzene rings is 2. The predicted molar refractivity (Wildman–Crippen MR) is 82.9 cm³/mol. The van der Waals surface area contributed by atoms with E-state index >= 15 is 0 Å². The Labute approximate surface area is 133 Å². The molecule has 0 radical (unpaired) electrons. The summed E-state index contributed by atoms with van der Waals surface area (Å²) in [5.41, 5.74) is 1.53. The van der Waals surface area contributed by atoms with E-state index in [4.69, 9.17) is 14.2 Å². The van der Waals surface area contributed by atoms with Gasteiger partial charge < -0.3 is 14.2 Å². The Morgan fingerprint density at radius 2 is 1.74 bits per heavy atom. The Hall–Kier alpha value is -2.82. The monoisotopic (exact) mass is 312 g/mol. The van der Waals surface area contributed by atoms with Crippen molar-refractivity contribution in [3.05, 3.63) is 59.2 Å². The summed E-state index contributed by atoms with van der Waals surface area (Å²) in [6, 6.07) is 12.2. The van der Waals surface area contributed by atoms with E-state index in [0.717, 1.165) is 0 Å². The lowest BCUT2D eigenvalue weighted by molar-refractivity contribution is -0.141. The Balaban J connectivity index is 2.11. The van der Waals surface area contributed by atoms with E-state index in [1.165, 1.54) is 7.11 Å². The van der Waals surface area contributed by atoms with Crippen LogP contribution in [0.2, 0.25) is 0 Å². The number of fused-ring (bicyclic) bond motifs is 1. The lowest BCUT2D eigenvalue weighted by Crippen LogP contribution is -2.15. The first-order chi connectivity index (χ1) is 11.1. The van der Waals surface area contributed by atoms with E-state index in [1.807, 2.05) is 6.07 Å². The lowest BCUT2D eigenvalue weighted by atomic mass is 9.90. The molecule has 1 aliphatic rings. The number of methoxy groups -OCH3 is 1. The molecule has 0 aromatic heterocycles. The van der Waals surface area contributed by atoms with Crippen LogP contribution in [-0.2, 0) is 9.53 Å². The average Bonchev–Trinajstić information content (AvgIpc) is 3.06. The summed E-state index contributed by atoms with van der Waals surface area (Å²) >= 11 is 0. The molecule has 1 unspecified atom stereocenters. The number of rotatable bonds is 4. The van der Waals surface area contributed by atoms with E-state index in [0.29, 0.717) is 28.2 Å². The molecule has 0 saturated carbocycles. The second-order valence-electron chi connectivity index (χ2n) is 5.23. The number of hydrogen-bond donors (Lipinski definition) is 0. The molecule has 118 valence electrons. The normalized spacial score (nSPS) is 13.5. The van der Waals surface area contributed by atoms with Crippen LogP contribution in [0.4, 0.5) is 0 Å². The Morgan fingerprint density at radius 3 is 2.39 bits per heavy atom. The van der Waals surface area contributed by atoms with Crippen LogP contribution >= 0.6 is 0 Å². The molecule has 2 aromatic rings. The van der Waals surface area contributed by atoms with Gasteiger partial charge in [0.2, 0.25) is 6.79 Å². The summed E-state index contributed by atoms with van der Waals surface area (Å²) in [6.07, 6.45) is 0. The molecule has 0 spiro atoms. The molecular formula is C18H16O5. The third-order valence-electron chi connectivity index (χ3n) is 3.85. The summed E-state index contributed by atoms with van der Waals surface area (Å²) in [7, 11) is 1.32. The molecule has 1 heterocycles. The van der Waals surface area contributed by atoms with Gasteiger partial charge in [0.1, 0.15) is 0 Å². The van der Waals surface area contributed by atoms with Crippen molar-refractivity contribution in [3.63, 3.8) is 0 Å². The highest BCUT2D eigenvalue weighted by Crippen LogP contribution is 2.38. The zero-order valence-corrected chi connectivity index (χ0v) is 12.9. The maximum absolute atomic E-state index is 12.8. The highest BCUT2D eigenvalue weighted by molar-refractivity contribution is 6.11. The van der Waals surface area contributed by atoms with Gasteiger partial charge in [-0.1, -0.05) is 30.3 Å². The predicted octanol–water partition coefficient (Wildman–Crippen LogP) is 2.92. The average molecular weight is 312 g/mol. The van der Waals surface area contributed by atoms with Gasteiger partial charge in [-0.15, -0.1) is 0 Å². The first-order valence-electron chi connectivity index (χ1n) is 7.23. The third-order valence-corrected chi connectivity index (χ3v) is 3.85. The van der Waals surface area contributed by atoms with Crippen LogP contribution in [0.1, 0.15) is 34.3 Å². The van der Waals surface area contributed by atoms with Crippen molar-refractivity contribution in [1.82, 2.24) is 0 Å². The highest BCUT2D eigenvalue weighted by atomic mass is 16.7. The van der Waals surface area contributed by atoms with E-state index < -0.39 is 11.9 Å². The van der Waals surface area contributed by atoms with Gasteiger partial charge in [-0.3, -0.25) is 9.59 Å². The van der Waals surface area contributed by atoms with Crippen molar-refractivity contribution in [3.8, 4) is 11.5 Å². The zero-order chi connectivity index (χ0) is 16.4. The number of hydrogen-bond acceptors (Lipinski definition) is 5. The van der Waals surface area contributed by atoms with Gasteiger partial charge in [0, 0.05) is 11.1 Å². The summed E-state index contributed by atoms with van der Waals surface area (Å²) in [4.78, 5) is 24.8. The molecule has 5 heteroatoms. The maximum atomic E-state index is 12.8. The van der Waals surface area contributed by atoms with Gasteiger partial charge in [0.05, 0.1) is 13.0 Å². The fourth-order valence-electron chi connectivity index (χ4n) is 2.56. The van der Waals surface area contributed by atoms with E-state index in [2.05, 4.69) is 0 Å². The number of carbonyl (C=O) groups is 2. The van der Waals surface area contributed by atoms with Crippen LogP contribution in [0.5, 0.6) is 11.5 Å². The second kappa shape index (κ2) is 6.12. The van der Waals surface area contributed by atoms with Gasteiger partial charge in [0.15, 0.2) is 17.3 Å². The SMILES string of the molecule is COC(=O)C(C)c1cc2c(cc1C(=O)c1ccccc1)OCO2. The smallest absolute Gasteiger partial charge is 0.312 e. The van der Waals surface area contributed by atoms with Gasteiger partial charge in [-0.25, -0.2) is 0 Å². The zero-order valence-electron chi connectivity index (χ0n) is 12.9. The fraction of sp³-hybridized carbons (Fsp3) is 0.222. The molecule has 0 bridgehead atoms. The van der Waals surface area contributed by atoms with Crippen molar-refractivity contribution in [2.24, 2.45) is 0 Å². The van der Waals surface area contributed by atoms with Gasteiger partial charge >= 0.3 is 5.97 Å². The summed E-state index contributed by atoms with van der Waals surface area (Å²) in [5.74, 6) is -0.136. The topological polar surface area (TPSA) is 61.8 Å². The molecular weight excluding hydrogens is 296 g/mol.